The Balaban J connectivity index is 1.87. The number of nitrogens with zero attached hydrogens (tertiary/aromatic N) is 1. The molecule has 2 N–H and O–H groups in total. The summed E-state index contributed by atoms with van der Waals surface area (Å²) >= 11 is 0. The van der Waals surface area contributed by atoms with Crippen molar-refractivity contribution in [2.75, 3.05) is 5.32 Å². The number of hydrogen-bond acceptors (Lipinski definition) is 3. The average Bonchev–Trinajstić information content (AvgIpc) is 2.89. The molecule has 0 radical (unpaired) electrons. The van der Waals surface area contributed by atoms with Crippen molar-refractivity contribution in [2.45, 2.75) is 26.4 Å². The maximum Gasteiger partial charge on any atom is 0.412 e. The average molecular weight is 309 g/mol. The number of rotatable bonds is 2. The Hall–Kier alpha value is -2.82. The van der Waals surface area contributed by atoms with Crippen LogP contribution in [-0.2, 0) is 4.74 Å². The van der Waals surface area contributed by atoms with Crippen LogP contribution in [0.3, 0.4) is 0 Å². The summed E-state index contributed by atoms with van der Waals surface area (Å²) in [6, 6.07) is 15.5. The van der Waals surface area contributed by atoms with Crippen LogP contribution in [0, 0.1) is 0 Å². The number of para-hydroxylation sites is 1. The number of amides is 1. The van der Waals surface area contributed by atoms with E-state index < -0.39 is 11.7 Å². The van der Waals surface area contributed by atoms with Gasteiger partial charge in [-0.25, -0.2) is 4.79 Å². The van der Waals surface area contributed by atoms with Crippen LogP contribution in [0.25, 0.3) is 22.2 Å². The van der Waals surface area contributed by atoms with Gasteiger partial charge in [-0.15, -0.1) is 0 Å². The first-order valence-corrected chi connectivity index (χ1v) is 7.46. The lowest BCUT2D eigenvalue weighted by Crippen LogP contribution is -2.27. The number of aromatic amines is 1. The topological polar surface area (TPSA) is 67.0 Å². The van der Waals surface area contributed by atoms with E-state index in [1.807, 2.05) is 69.3 Å². The minimum absolute atomic E-state index is 0.471. The summed E-state index contributed by atoms with van der Waals surface area (Å²) in [5.74, 6) is 0. The van der Waals surface area contributed by atoms with Crippen molar-refractivity contribution in [3.63, 3.8) is 0 Å². The summed E-state index contributed by atoms with van der Waals surface area (Å²) < 4.78 is 5.27. The molecule has 0 aliphatic rings. The van der Waals surface area contributed by atoms with Gasteiger partial charge in [0, 0.05) is 16.6 Å². The Morgan fingerprint density at radius 3 is 2.70 bits per heavy atom. The third-order valence-electron chi connectivity index (χ3n) is 3.25. The molecule has 3 aromatic rings. The van der Waals surface area contributed by atoms with Crippen LogP contribution < -0.4 is 5.32 Å². The zero-order valence-corrected chi connectivity index (χ0v) is 13.4. The number of H-pyrrole nitrogens is 1. The summed E-state index contributed by atoms with van der Waals surface area (Å²) in [7, 11) is 0. The molecule has 5 heteroatoms. The van der Waals surface area contributed by atoms with E-state index in [1.54, 1.807) is 0 Å². The minimum Gasteiger partial charge on any atom is -0.444 e. The smallest absolute Gasteiger partial charge is 0.412 e. The van der Waals surface area contributed by atoms with Gasteiger partial charge in [0.25, 0.3) is 0 Å². The Kier molecular flexibility index (Phi) is 3.78. The van der Waals surface area contributed by atoms with E-state index in [2.05, 4.69) is 15.5 Å². The van der Waals surface area contributed by atoms with Crippen molar-refractivity contribution in [1.29, 1.82) is 0 Å². The lowest BCUT2D eigenvalue weighted by atomic mass is 10.1. The highest BCUT2D eigenvalue weighted by Crippen LogP contribution is 2.27. The summed E-state index contributed by atoms with van der Waals surface area (Å²) in [6.07, 6.45) is -0.471. The minimum atomic E-state index is -0.528. The first-order valence-electron chi connectivity index (χ1n) is 7.46. The first-order chi connectivity index (χ1) is 10.9. The molecule has 0 saturated carbocycles. The van der Waals surface area contributed by atoms with E-state index in [0.29, 0.717) is 5.69 Å². The Morgan fingerprint density at radius 1 is 1.13 bits per heavy atom. The fourth-order valence-corrected chi connectivity index (χ4v) is 2.35. The molecule has 0 spiro atoms. The lowest BCUT2D eigenvalue weighted by Gasteiger charge is -2.19. The molecule has 1 aromatic heterocycles. The highest BCUT2D eigenvalue weighted by atomic mass is 16.6. The molecule has 0 saturated heterocycles. The number of fused-ring (bicyclic) bond motifs is 1. The molecule has 23 heavy (non-hydrogen) atoms. The second-order valence-electron chi connectivity index (χ2n) is 6.33. The molecular weight excluding hydrogens is 290 g/mol. The third kappa shape index (κ3) is 3.51. The Morgan fingerprint density at radius 2 is 1.91 bits per heavy atom. The van der Waals surface area contributed by atoms with Gasteiger partial charge in [-0.3, -0.25) is 10.4 Å². The summed E-state index contributed by atoms with van der Waals surface area (Å²) in [5.41, 5.74) is 2.90. The van der Waals surface area contributed by atoms with E-state index in [-0.39, 0.29) is 0 Å². The van der Waals surface area contributed by atoms with Gasteiger partial charge in [-0.2, -0.15) is 5.10 Å². The molecule has 1 amide bonds. The molecule has 0 fully saturated rings. The third-order valence-corrected chi connectivity index (χ3v) is 3.25. The number of anilines is 1. The maximum atomic E-state index is 11.9. The number of benzene rings is 2. The summed E-state index contributed by atoms with van der Waals surface area (Å²) in [6.45, 7) is 5.50. The van der Waals surface area contributed by atoms with Crippen LogP contribution >= 0.6 is 0 Å². The number of carbonyl (C=O) groups is 1. The Bertz CT molecular complexity index is 847. The van der Waals surface area contributed by atoms with Gasteiger partial charge in [0.1, 0.15) is 5.60 Å². The van der Waals surface area contributed by atoms with Gasteiger partial charge in [0.05, 0.1) is 11.2 Å². The van der Waals surface area contributed by atoms with E-state index in [1.165, 1.54) is 0 Å². The molecule has 0 aliphatic carbocycles. The molecule has 3 rings (SSSR count). The van der Waals surface area contributed by atoms with Crippen molar-refractivity contribution in [1.82, 2.24) is 10.2 Å². The number of hydrogen-bond donors (Lipinski definition) is 2. The quantitative estimate of drug-likeness (QED) is 0.728. The standard InChI is InChI=1S/C18H19N3O2/c1-18(2,3)23-17(22)19-13-8-6-7-12(11-13)16-14-9-4-5-10-15(14)20-21-16/h4-11H,1-3H3,(H,19,22)(H,20,21). The molecule has 5 nitrogen and oxygen atoms in total. The molecule has 0 bridgehead atoms. The fourth-order valence-electron chi connectivity index (χ4n) is 2.35. The largest absolute Gasteiger partial charge is 0.444 e. The van der Waals surface area contributed by atoms with E-state index in [0.717, 1.165) is 22.2 Å². The zero-order chi connectivity index (χ0) is 16.4. The van der Waals surface area contributed by atoms with Gasteiger partial charge < -0.3 is 4.74 Å². The maximum absolute atomic E-state index is 11.9. The number of nitrogens with one attached hydrogen (secondary N) is 2. The second-order valence-corrected chi connectivity index (χ2v) is 6.33. The summed E-state index contributed by atoms with van der Waals surface area (Å²) in [4.78, 5) is 11.9. The molecule has 118 valence electrons. The van der Waals surface area contributed by atoms with Crippen LogP contribution in [-0.4, -0.2) is 21.9 Å². The van der Waals surface area contributed by atoms with E-state index in [4.69, 9.17) is 4.74 Å². The fraction of sp³-hybridized carbons (Fsp3) is 0.222. The highest BCUT2D eigenvalue weighted by Gasteiger charge is 2.16. The monoisotopic (exact) mass is 309 g/mol. The van der Waals surface area contributed by atoms with Gasteiger partial charge in [-0.1, -0.05) is 30.3 Å². The van der Waals surface area contributed by atoms with E-state index in [9.17, 15) is 4.79 Å². The van der Waals surface area contributed by atoms with Crippen LogP contribution in [0.15, 0.2) is 48.5 Å². The van der Waals surface area contributed by atoms with Crippen molar-refractivity contribution < 1.29 is 9.53 Å². The van der Waals surface area contributed by atoms with E-state index >= 15 is 0 Å². The molecule has 0 atom stereocenters. The molecule has 0 aliphatic heterocycles. The number of aromatic nitrogens is 2. The van der Waals surface area contributed by atoms with Crippen molar-refractivity contribution in [3.8, 4) is 11.3 Å². The highest BCUT2D eigenvalue weighted by molar-refractivity contribution is 5.94. The van der Waals surface area contributed by atoms with Gasteiger partial charge in [0.15, 0.2) is 0 Å². The van der Waals surface area contributed by atoms with Crippen molar-refractivity contribution in [3.05, 3.63) is 48.5 Å². The number of ether oxygens (including phenoxy) is 1. The zero-order valence-electron chi connectivity index (χ0n) is 13.4. The van der Waals surface area contributed by atoms with Crippen LogP contribution in [0.2, 0.25) is 0 Å². The van der Waals surface area contributed by atoms with Crippen LogP contribution in [0.1, 0.15) is 20.8 Å². The molecular formula is C18H19N3O2. The summed E-state index contributed by atoms with van der Waals surface area (Å²) in [5, 5.41) is 11.2. The van der Waals surface area contributed by atoms with Gasteiger partial charge in [-0.05, 0) is 39.0 Å². The first kappa shape index (κ1) is 15.1. The van der Waals surface area contributed by atoms with Gasteiger partial charge in [0.2, 0.25) is 0 Å². The second kappa shape index (κ2) is 5.76. The normalized spacial score (nSPS) is 11.4. The molecule has 0 unspecified atom stereocenters. The van der Waals surface area contributed by atoms with Crippen LogP contribution in [0.5, 0.6) is 0 Å². The lowest BCUT2D eigenvalue weighted by molar-refractivity contribution is 0.0636. The molecule has 2 aromatic carbocycles. The predicted molar refractivity (Wildman–Crippen MR) is 91.4 cm³/mol. The Labute approximate surface area is 134 Å². The SMILES string of the molecule is CC(C)(C)OC(=O)Nc1cccc(-c2n[nH]c3ccccc23)c1. The van der Waals surface area contributed by atoms with Crippen molar-refractivity contribution in [2.24, 2.45) is 0 Å². The van der Waals surface area contributed by atoms with Gasteiger partial charge >= 0.3 is 6.09 Å². The van der Waals surface area contributed by atoms with Crippen molar-refractivity contribution >= 4 is 22.7 Å². The predicted octanol–water partition coefficient (Wildman–Crippen LogP) is 4.58. The van der Waals surface area contributed by atoms with Crippen LogP contribution in [0.4, 0.5) is 10.5 Å². The number of carbonyl (C=O) groups excluding carboxylic acids is 1. The molecule has 1 heterocycles.